The van der Waals surface area contributed by atoms with E-state index in [4.69, 9.17) is 0 Å². The third-order valence-corrected chi connectivity index (χ3v) is 3.61. The molecule has 1 aliphatic rings. The molecule has 0 aromatic carbocycles. The lowest BCUT2D eigenvalue weighted by atomic mass is 9.95. The quantitative estimate of drug-likeness (QED) is 0.540. The minimum Gasteiger partial charge on any atom is -0.308 e. The van der Waals surface area contributed by atoms with Crippen molar-refractivity contribution in [3.8, 4) is 0 Å². The van der Waals surface area contributed by atoms with Gasteiger partial charge in [-0.1, -0.05) is 20.8 Å². The average molecular weight is 204 g/mol. The number of alkyl halides is 2. The molecule has 1 saturated carbocycles. The fourth-order valence-electron chi connectivity index (χ4n) is 2.04. The zero-order valence-electron chi connectivity index (χ0n) is 8.98. The Morgan fingerprint density at radius 3 is 2.36 bits per heavy atom. The van der Waals surface area contributed by atoms with E-state index < -0.39 is 17.3 Å². The molecule has 1 N–H and O–H groups in total. The van der Waals surface area contributed by atoms with Crippen molar-refractivity contribution in [2.24, 2.45) is 16.4 Å². The number of halogens is 2. The average Bonchev–Trinajstić information content (AvgIpc) is 2.50. The zero-order chi connectivity index (χ0) is 11.0. The molecule has 3 atom stereocenters. The summed E-state index contributed by atoms with van der Waals surface area (Å²) in [5.74, 6) is -3.03. The second kappa shape index (κ2) is 3.48. The Kier molecular flexibility index (Phi) is 2.83. The fourth-order valence-corrected chi connectivity index (χ4v) is 2.04. The van der Waals surface area contributed by atoms with Crippen molar-refractivity contribution in [2.45, 2.75) is 45.6 Å². The van der Waals surface area contributed by atoms with Crippen molar-refractivity contribution < 1.29 is 8.78 Å². The fraction of sp³-hybridized carbons (Fsp3) is 0.900. The summed E-state index contributed by atoms with van der Waals surface area (Å²) in [4.78, 5) is 0. The van der Waals surface area contributed by atoms with Gasteiger partial charge in [0.15, 0.2) is 0 Å². The second-order valence-electron chi connectivity index (χ2n) is 4.36. The van der Waals surface area contributed by atoms with Crippen molar-refractivity contribution in [1.82, 2.24) is 5.43 Å². The van der Waals surface area contributed by atoms with Crippen molar-refractivity contribution in [1.29, 1.82) is 0 Å². The summed E-state index contributed by atoms with van der Waals surface area (Å²) >= 11 is 0. The first-order valence-electron chi connectivity index (χ1n) is 4.99. The van der Waals surface area contributed by atoms with Gasteiger partial charge in [0.2, 0.25) is 0 Å². The van der Waals surface area contributed by atoms with Crippen LogP contribution in [0.15, 0.2) is 5.10 Å². The smallest absolute Gasteiger partial charge is 0.257 e. The molecule has 14 heavy (non-hydrogen) atoms. The maximum atomic E-state index is 13.2. The zero-order valence-corrected chi connectivity index (χ0v) is 8.98. The third-order valence-electron chi connectivity index (χ3n) is 3.61. The Balaban J connectivity index is 2.56. The molecule has 0 spiro atoms. The minimum absolute atomic E-state index is 0.00771. The first-order valence-corrected chi connectivity index (χ1v) is 4.99. The molecule has 1 unspecified atom stereocenters. The maximum Gasteiger partial charge on any atom is 0.257 e. The highest BCUT2D eigenvalue weighted by atomic mass is 19.3. The molecule has 0 aromatic heterocycles. The predicted molar refractivity (Wildman–Crippen MR) is 53.6 cm³/mol. The van der Waals surface area contributed by atoms with E-state index in [-0.39, 0.29) is 6.04 Å². The number of hydrogen-bond donors (Lipinski definition) is 1. The molecule has 1 rings (SSSR count). The Labute approximate surface area is 83.8 Å². The van der Waals surface area contributed by atoms with E-state index >= 15 is 0 Å². The number of nitrogens with one attached hydrogen (secondary N) is 1. The van der Waals surface area contributed by atoms with E-state index in [0.717, 1.165) is 6.42 Å². The molecule has 0 aromatic rings. The van der Waals surface area contributed by atoms with E-state index in [1.54, 1.807) is 13.8 Å². The number of nitrogens with zero attached hydrogens (tertiary/aromatic N) is 1. The molecule has 0 amide bonds. The Bertz CT molecular complexity index is 230. The van der Waals surface area contributed by atoms with Gasteiger partial charge in [0, 0.05) is 24.1 Å². The number of hydrazone groups is 1. The molecule has 0 saturated heterocycles. The molecule has 0 aliphatic heterocycles. The Morgan fingerprint density at radius 2 is 2.07 bits per heavy atom. The van der Waals surface area contributed by atoms with Gasteiger partial charge in [-0.15, -0.1) is 0 Å². The number of hydrogen-bond acceptors (Lipinski definition) is 2. The SMILES string of the molecule is C=NNC(CC)C[C@]1(C)[C@H](C)C1(F)F. The summed E-state index contributed by atoms with van der Waals surface area (Å²) in [6.45, 7) is 8.51. The standard InChI is InChI=1S/C10H18F2N2/c1-5-8(14-13-4)6-9(3)7(2)10(9,11)12/h7-8,14H,4-6H2,1-3H3/t7-,8?,9+/m0/s1. The first kappa shape index (κ1) is 11.4. The topological polar surface area (TPSA) is 24.4 Å². The summed E-state index contributed by atoms with van der Waals surface area (Å²) < 4.78 is 26.5. The van der Waals surface area contributed by atoms with Gasteiger partial charge in [0.05, 0.1) is 0 Å². The van der Waals surface area contributed by atoms with Crippen molar-refractivity contribution in [2.75, 3.05) is 0 Å². The third kappa shape index (κ3) is 1.51. The van der Waals surface area contributed by atoms with E-state index in [9.17, 15) is 8.78 Å². The van der Waals surface area contributed by atoms with E-state index in [1.165, 1.54) is 0 Å². The second-order valence-corrected chi connectivity index (χ2v) is 4.36. The lowest BCUT2D eigenvalue weighted by Gasteiger charge is -2.19. The summed E-state index contributed by atoms with van der Waals surface area (Å²) in [6, 6.07) is 0.00771. The maximum absolute atomic E-state index is 13.2. The minimum atomic E-state index is -2.51. The number of rotatable bonds is 5. The highest BCUT2D eigenvalue weighted by molar-refractivity contribution is 5.22. The molecule has 4 heteroatoms. The molecule has 82 valence electrons. The van der Waals surface area contributed by atoms with Crippen molar-refractivity contribution in [3.63, 3.8) is 0 Å². The molecule has 0 bridgehead atoms. The van der Waals surface area contributed by atoms with Gasteiger partial charge in [0.25, 0.3) is 5.92 Å². The van der Waals surface area contributed by atoms with Crippen LogP contribution in [0, 0.1) is 11.3 Å². The van der Waals surface area contributed by atoms with Gasteiger partial charge in [-0.05, 0) is 12.8 Å². The van der Waals surface area contributed by atoms with Gasteiger partial charge < -0.3 is 5.43 Å². The molecule has 0 radical (unpaired) electrons. The molecule has 2 nitrogen and oxygen atoms in total. The van der Waals surface area contributed by atoms with E-state index in [2.05, 4.69) is 17.2 Å². The highest BCUT2D eigenvalue weighted by Crippen LogP contribution is 2.67. The molecular weight excluding hydrogens is 186 g/mol. The van der Waals surface area contributed by atoms with E-state index in [0.29, 0.717) is 6.42 Å². The summed E-state index contributed by atoms with van der Waals surface area (Å²) in [5, 5.41) is 3.55. The Hall–Kier alpha value is -0.670. The van der Waals surface area contributed by atoms with Crippen LogP contribution in [0.25, 0.3) is 0 Å². The van der Waals surface area contributed by atoms with Crippen LogP contribution in [-0.4, -0.2) is 18.7 Å². The van der Waals surface area contributed by atoms with Crippen LogP contribution in [0.2, 0.25) is 0 Å². The van der Waals surface area contributed by atoms with Crippen LogP contribution in [0.4, 0.5) is 8.78 Å². The lowest BCUT2D eigenvalue weighted by molar-refractivity contribution is 0.0571. The summed E-state index contributed by atoms with van der Waals surface area (Å²) in [5.41, 5.74) is 1.91. The van der Waals surface area contributed by atoms with Crippen LogP contribution in [-0.2, 0) is 0 Å². The first-order chi connectivity index (χ1) is 6.40. The van der Waals surface area contributed by atoms with Crippen molar-refractivity contribution >= 4 is 6.72 Å². The van der Waals surface area contributed by atoms with Gasteiger partial charge in [-0.25, -0.2) is 8.78 Å². The Morgan fingerprint density at radius 1 is 1.57 bits per heavy atom. The van der Waals surface area contributed by atoms with E-state index in [1.807, 2.05) is 6.92 Å². The summed E-state index contributed by atoms with van der Waals surface area (Å²) in [6.07, 6.45) is 1.24. The van der Waals surface area contributed by atoms with Crippen molar-refractivity contribution in [3.05, 3.63) is 0 Å². The van der Waals surface area contributed by atoms with Gasteiger partial charge in [-0.2, -0.15) is 5.10 Å². The van der Waals surface area contributed by atoms with Crippen LogP contribution >= 0.6 is 0 Å². The van der Waals surface area contributed by atoms with Gasteiger partial charge >= 0.3 is 0 Å². The normalized spacial score (nSPS) is 36.2. The molecule has 1 fully saturated rings. The van der Waals surface area contributed by atoms with Crippen LogP contribution in [0.3, 0.4) is 0 Å². The molecule has 0 heterocycles. The molecular formula is C10H18F2N2. The highest BCUT2D eigenvalue weighted by Gasteiger charge is 2.75. The summed E-state index contributed by atoms with van der Waals surface area (Å²) in [7, 11) is 0. The van der Waals surface area contributed by atoms with Gasteiger partial charge in [-0.3, -0.25) is 0 Å². The predicted octanol–water partition coefficient (Wildman–Crippen LogP) is 2.65. The monoisotopic (exact) mass is 204 g/mol. The van der Waals surface area contributed by atoms with Crippen LogP contribution in [0.1, 0.15) is 33.6 Å². The van der Waals surface area contributed by atoms with Crippen LogP contribution < -0.4 is 5.43 Å². The van der Waals surface area contributed by atoms with Crippen LogP contribution in [0.5, 0.6) is 0 Å². The van der Waals surface area contributed by atoms with Gasteiger partial charge in [0.1, 0.15) is 0 Å². The lowest BCUT2D eigenvalue weighted by Crippen LogP contribution is -2.28. The molecule has 1 aliphatic carbocycles. The largest absolute Gasteiger partial charge is 0.308 e.